The van der Waals surface area contributed by atoms with Crippen molar-refractivity contribution >= 4 is 0 Å². The molecule has 2 aliphatic carbocycles. The predicted molar refractivity (Wildman–Crippen MR) is 66.7 cm³/mol. The van der Waals surface area contributed by atoms with Crippen molar-refractivity contribution in [3.8, 4) is 0 Å². The average Bonchev–Trinajstić information content (AvgIpc) is 3.14. The van der Waals surface area contributed by atoms with Crippen LogP contribution >= 0.6 is 0 Å². The van der Waals surface area contributed by atoms with Crippen LogP contribution in [0.1, 0.15) is 39.5 Å². The lowest BCUT2D eigenvalue weighted by Gasteiger charge is -2.36. The Morgan fingerprint density at radius 2 is 1.59 bits per heavy atom. The van der Waals surface area contributed by atoms with Crippen molar-refractivity contribution in [1.29, 1.82) is 0 Å². The van der Waals surface area contributed by atoms with Gasteiger partial charge in [0, 0.05) is 0 Å². The molecule has 0 bridgehead atoms. The molecule has 0 amide bonds. The van der Waals surface area contributed by atoms with Crippen molar-refractivity contribution in [3.63, 3.8) is 0 Å². The average molecular weight is 239 g/mol. The van der Waals surface area contributed by atoms with E-state index in [1.807, 2.05) is 13.8 Å². The number of hydrogen-bond acceptors (Lipinski definition) is 3. The molecule has 0 atom stereocenters. The Morgan fingerprint density at radius 3 is 2.06 bits per heavy atom. The fraction of sp³-hybridized carbons (Fsp3) is 1.00. The monoisotopic (exact) mass is 239 g/mol. The first kappa shape index (κ1) is 11.9. The lowest BCUT2D eigenvalue weighted by Crippen LogP contribution is -2.49. The maximum Gasteiger partial charge on any atom is 0.162 e. The molecule has 0 spiro atoms. The summed E-state index contributed by atoms with van der Waals surface area (Å²) in [6.07, 6.45) is 5.86. The quantitative estimate of drug-likeness (QED) is 0.797. The third-order valence-corrected chi connectivity index (χ3v) is 4.36. The first-order valence-corrected chi connectivity index (χ1v) is 7.15. The van der Waals surface area contributed by atoms with Crippen LogP contribution in [-0.4, -0.2) is 31.6 Å². The normalized spacial score (nSPS) is 29.8. The predicted octanol–water partition coefficient (Wildman–Crippen LogP) is 2.16. The molecule has 0 aromatic heterocycles. The maximum atomic E-state index is 5.68. The molecular formula is C14H25NO2. The van der Waals surface area contributed by atoms with Gasteiger partial charge in [0.2, 0.25) is 0 Å². The summed E-state index contributed by atoms with van der Waals surface area (Å²) in [6, 6.07) is 0.392. The molecule has 3 fully saturated rings. The van der Waals surface area contributed by atoms with Crippen LogP contribution in [0.15, 0.2) is 0 Å². The Hall–Kier alpha value is -0.120. The zero-order valence-electron chi connectivity index (χ0n) is 11.1. The van der Waals surface area contributed by atoms with Crippen LogP contribution < -0.4 is 5.32 Å². The van der Waals surface area contributed by atoms with E-state index in [9.17, 15) is 0 Å². The van der Waals surface area contributed by atoms with Crippen LogP contribution in [0.2, 0.25) is 0 Å². The molecule has 2 saturated carbocycles. The second kappa shape index (κ2) is 4.52. The van der Waals surface area contributed by atoms with Gasteiger partial charge in [-0.3, -0.25) is 0 Å². The van der Waals surface area contributed by atoms with Crippen molar-refractivity contribution in [2.75, 3.05) is 19.8 Å². The topological polar surface area (TPSA) is 30.5 Å². The minimum absolute atomic E-state index is 0.384. The molecule has 3 nitrogen and oxygen atoms in total. The first-order valence-electron chi connectivity index (χ1n) is 7.15. The highest BCUT2D eigenvalue weighted by Crippen LogP contribution is 2.48. The molecule has 0 radical (unpaired) electrons. The van der Waals surface area contributed by atoms with Crippen molar-refractivity contribution < 1.29 is 9.47 Å². The van der Waals surface area contributed by atoms with Gasteiger partial charge in [0.1, 0.15) is 0 Å². The number of hydrogen-bond donors (Lipinski definition) is 1. The van der Waals surface area contributed by atoms with Gasteiger partial charge in [-0.1, -0.05) is 0 Å². The van der Waals surface area contributed by atoms with Crippen molar-refractivity contribution in [2.45, 2.75) is 51.4 Å². The Balaban J connectivity index is 1.41. The highest BCUT2D eigenvalue weighted by Gasteiger charge is 2.41. The van der Waals surface area contributed by atoms with E-state index in [4.69, 9.17) is 9.47 Å². The van der Waals surface area contributed by atoms with Crippen LogP contribution in [-0.2, 0) is 9.47 Å². The zero-order valence-corrected chi connectivity index (χ0v) is 11.1. The molecule has 98 valence electrons. The summed E-state index contributed by atoms with van der Waals surface area (Å²) in [6.45, 7) is 6.72. The van der Waals surface area contributed by atoms with E-state index < -0.39 is 0 Å². The molecule has 1 heterocycles. The van der Waals surface area contributed by atoms with Crippen LogP contribution in [0.4, 0.5) is 0 Å². The first-order chi connectivity index (χ1) is 8.14. The van der Waals surface area contributed by atoms with Gasteiger partial charge in [0.05, 0.1) is 19.3 Å². The fourth-order valence-corrected chi connectivity index (χ4v) is 2.88. The van der Waals surface area contributed by atoms with E-state index in [0.717, 1.165) is 31.0 Å². The van der Waals surface area contributed by atoms with Gasteiger partial charge in [-0.15, -0.1) is 0 Å². The Kier molecular flexibility index (Phi) is 3.18. The van der Waals surface area contributed by atoms with Gasteiger partial charge in [-0.2, -0.15) is 0 Å². The molecular weight excluding hydrogens is 214 g/mol. The summed E-state index contributed by atoms with van der Waals surface area (Å²) in [5.74, 6) is 2.60. The summed E-state index contributed by atoms with van der Waals surface area (Å²) in [5.41, 5.74) is 0. The summed E-state index contributed by atoms with van der Waals surface area (Å²) >= 11 is 0. The van der Waals surface area contributed by atoms with Gasteiger partial charge >= 0.3 is 0 Å². The van der Waals surface area contributed by atoms with Gasteiger partial charge in [0.15, 0.2) is 5.79 Å². The largest absolute Gasteiger partial charge is 0.349 e. The second-order valence-electron chi connectivity index (χ2n) is 6.47. The van der Waals surface area contributed by atoms with E-state index in [1.54, 1.807) is 0 Å². The van der Waals surface area contributed by atoms with Gasteiger partial charge in [-0.25, -0.2) is 0 Å². The lowest BCUT2D eigenvalue weighted by molar-refractivity contribution is -0.253. The summed E-state index contributed by atoms with van der Waals surface area (Å²) < 4.78 is 11.4. The fourth-order valence-electron chi connectivity index (χ4n) is 2.88. The van der Waals surface area contributed by atoms with Crippen molar-refractivity contribution in [3.05, 3.63) is 0 Å². The number of nitrogens with one attached hydrogen (secondary N) is 1. The van der Waals surface area contributed by atoms with Crippen LogP contribution in [0.3, 0.4) is 0 Å². The van der Waals surface area contributed by atoms with E-state index >= 15 is 0 Å². The molecule has 1 saturated heterocycles. The van der Waals surface area contributed by atoms with Crippen LogP contribution in [0.5, 0.6) is 0 Å². The molecule has 1 N–H and O–H groups in total. The minimum Gasteiger partial charge on any atom is -0.349 e. The third-order valence-electron chi connectivity index (χ3n) is 4.36. The van der Waals surface area contributed by atoms with Crippen molar-refractivity contribution in [1.82, 2.24) is 5.32 Å². The Morgan fingerprint density at radius 1 is 1.06 bits per heavy atom. The number of ether oxygens (including phenoxy) is 2. The molecule has 0 unspecified atom stereocenters. The summed E-state index contributed by atoms with van der Waals surface area (Å²) in [7, 11) is 0. The highest BCUT2D eigenvalue weighted by atomic mass is 16.7. The Labute approximate surface area is 104 Å². The zero-order chi connectivity index (χ0) is 11.9. The highest BCUT2D eigenvalue weighted by molar-refractivity contribution is 4.93. The molecule has 3 rings (SSSR count). The van der Waals surface area contributed by atoms with Crippen LogP contribution in [0, 0.1) is 17.8 Å². The molecule has 1 aliphatic heterocycles. The number of rotatable bonds is 5. The van der Waals surface area contributed by atoms with Crippen LogP contribution in [0.25, 0.3) is 0 Å². The molecule has 0 aromatic carbocycles. The molecule has 3 heteroatoms. The molecule has 17 heavy (non-hydrogen) atoms. The Bertz CT molecular complexity index is 249. The lowest BCUT2D eigenvalue weighted by atomic mass is 9.97. The second-order valence-corrected chi connectivity index (χ2v) is 6.47. The van der Waals surface area contributed by atoms with E-state index in [-0.39, 0.29) is 5.79 Å². The molecule has 0 aromatic rings. The van der Waals surface area contributed by atoms with E-state index in [0.29, 0.717) is 6.04 Å². The van der Waals surface area contributed by atoms with Crippen molar-refractivity contribution in [2.24, 2.45) is 17.8 Å². The summed E-state index contributed by atoms with van der Waals surface area (Å²) in [5, 5.41) is 3.65. The SMILES string of the molecule is CC1(C)OCC(NCC(C2CC2)C2CC2)CO1. The van der Waals surface area contributed by atoms with Gasteiger partial charge < -0.3 is 14.8 Å². The maximum absolute atomic E-state index is 5.68. The third kappa shape index (κ3) is 3.21. The molecule has 3 aliphatic rings. The smallest absolute Gasteiger partial charge is 0.162 e. The van der Waals surface area contributed by atoms with E-state index in [2.05, 4.69) is 5.32 Å². The standard InChI is InChI=1S/C14H25NO2/c1-14(2)16-8-12(9-17-14)15-7-13(10-3-4-10)11-5-6-11/h10-13,15H,3-9H2,1-2H3. The van der Waals surface area contributed by atoms with Gasteiger partial charge in [-0.05, 0) is 63.8 Å². The van der Waals surface area contributed by atoms with Gasteiger partial charge in [0.25, 0.3) is 0 Å². The minimum atomic E-state index is -0.384. The van der Waals surface area contributed by atoms with E-state index in [1.165, 1.54) is 32.2 Å². The summed E-state index contributed by atoms with van der Waals surface area (Å²) in [4.78, 5) is 0.